The molecule has 2 unspecified atom stereocenters. The molecule has 0 amide bonds. The van der Waals surface area contributed by atoms with E-state index in [1.165, 1.54) is 19.3 Å². The van der Waals surface area contributed by atoms with Gasteiger partial charge in [0.25, 0.3) is 0 Å². The summed E-state index contributed by atoms with van der Waals surface area (Å²) in [7, 11) is 0. The molecule has 0 spiro atoms. The standard InChI is InChI=1S/C11H16N4/c1-5-12-11(13-6-1)15-7-4-9-2-3-10(8-15)14-9/h1,5-6,9-10,14H,2-4,7-8H2. The molecule has 2 aliphatic rings. The number of rotatable bonds is 1. The molecule has 2 saturated heterocycles. The molecule has 1 aromatic heterocycles. The van der Waals surface area contributed by atoms with Gasteiger partial charge in [-0.05, 0) is 25.3 Å². The number of nitrogens with one attached hydrogen (secondary N) is 1. The van der Waals surface area contributed by atoms with Gasteiger partial charge < -0.3 is 10.2 Å². The molecule has 2 bridgehead atoms. The molecule has 2 atom stereocenters. The van der Waals surface area contributed by atoms with Gasteiger partial charge in [0.2, 0.25) is 5.95 Å². The molecule has 1 aromatic rings. The Kier molecular flexibility index (Phi) is 2.29. The largest absolute Gasteiger partial charge is 0.339 e. The highest BCUT2D eigenvalue weighted by Gasteiger charge is 2.29. The van der Waals surface area contributed by atoms with Crippen LogP contribution in [-0.2, 0) is 0 Å². The first kappa shape index (κ1) is 9.09. The Morgan fingerprint density at radius 3 is 2.80 bits per heavy atom. The van der Waals surface area contributed by atoms with E-state index >= 15 is 0 Å². The first-order valence-electron chi connectivity index (χ1n) is 5.70. The van der Waals surface area contributed by atoms with Crippen LogP contribution < -0.4 is 10.2 Å². The van der Waals surface area contributed by atoms with Gasteiger partial charge in [-0.2, -0.15) is 0 Å². The predicted octanol–water partition coefficient (Wildman–Crippen LogP) is 0.807. The topological polar surface area (TPSA) is 41.1 Å². The molecule has 4 heteroatoms. The number of hydrogen-bond donors (Lipinski definition) is 1. The normalized spacial score (nSPS) is 30.3. The molecule has 0 aliphatic carbocycles. The van der Waals surface area contributed by atoms with Crippen molar-refractivity contribution >= 4 is 5.95 Å². The van der Waals surface area contributed by atoms with Crippen molar-refractivity contribution < 1.29 is 0 Å². The van der Waals surface area contributed by atoms with Gasteiger partial charge in [-0.25, -0.2) is 9.97 Å². The van der Waals surface area contributed by atoms with E-state index in [-0.39, 0.29) is 0 Å². The summed E-state index contributed by atoms with van der Waals surface area (Å²) in [4.78, 5) is 10.9. The quantitative estimate of drug-likeness (QED) is 0.735. The SMILES string of the molecule is c1cnc(N2CCC3CCC(C2)N3)nc1. The fourth-order valence-electron chi connectivity index (χ4n) is 2.58. The van der Waals surface area contributed by atoms with Crippen LogP contribution in [0.1, 0.15) is 19.3 Å². The maximum atomic E-state index is 4.31. The molecule has 80 valence electrons. The van der Waals surface area contributed by atoms with Crippen molar-refractivity contribution in [3.8, 4) is 0 Å². The minimum absolute atomic E-state index is 0.640. The molecule has 4 nitrogen and oxygen atoms in total. The second-order valence-corrected chi connectivity index (χ2v) is 4.42. The second kappa shape index (κ2) is 3.77. The van der Waals surface area contributed by atoms with Crippen LogP contribution in [0.2, 0.25) is 0 Å². The van der Waals surface area contributed by atoms with Crippen molar-refractivity contribution in [2.45, 2.75) is 31.3 Å². The number of nitrogens with zero attached hydrogens (tertiary/aromatic N) is 3. The van der Waals surface area contributed by atoms with Crippen LogP contribution in [0.4, 0.5) is 5.95 Å². The van der Waals surface area contributed by atoms with Crippen LogP contribution in [0.25, 0.3) is 0 Å². The Bertz CT molecular complexity index is 327. The molecule has 0 aromatic carbocycles. The summed E-state index contributed by atoms with van der Waals surface area (Å²) in [6, 6.07) is 3.23. The van der Waals surface area contributed by atoms with Crippen molar-refractivity contribution in [1.29, 1.82) is 0 Å². The monoisotopic (exact) mass is 204 g/mol. The molecule has 0 radical (unpaired) electrons. The van der Waals surface area contributed by atoms with Crippen LogP contribution in [0.3, 0.4) is 0 Å². The lowest BCUT2D eigenvalue weighted by Crippen LogP contribution is -2.36. The van der Waals surface area contributed by atoms with E-state index < -0.39 is 0 Å². The van der Waals surface area contributed by atoms with Gasteiger partial charge >= 0.3 is 0 Å². The third-order valence-corrected chi connectivity index (χ3v) is 3.36. The summed E-state index contributed by atoms with van der Waals surface area (Å²) < 4.78 is 0. The van der Waals surface area contributed by atoms with E-state index in [9.17, 15) is 0 Å². The first-order valence-corrected chi connectivity index (χ1v) is 5.70. The summed E-state index contributed by atoms with van der Waals surface area (Å²) in [6.07, 6.45) is 7.49. The lowest BCUT2D eigenvalue weighted by atomic mass is 10.1. The van der Waals surface area contributed by atoms with Crippen LogP contribution in [0.15, 0.2) is 18.5 Å². The fraction of sp³-hybridized carbons (Fsp3) is 0.636. The van der Waals surface area contributed by atoms with Crippen molar-refractivity contribution in [1.82, 2.24) is 15.3 Å². The van der Waals surface area contributed by atoms with E-state index in [1.807, 2.05) is 18.5 Å². The van der Waals surface area contributed by atoms with Crippen molar-refractivity contribution in [2.75, 3.05) is 18.0 Å². The highest BCUT2D eigenvalue weighted by molar-refractivity contribution is 5.29. The van der Waals surface area contributed by atoms with E-state index in [4.69, 9.17) is 0 Å². The average molecular weight is 204 g/mol. The zero-order valence-corrected chi connectivity index (χ0v) is 8.76. The Morgan fingerprint density at radius 1 is 1.13 bits per heavy atom. The van der Waals surface area contributed by atoms with E-state index in [0.717, 1.165) is 25.1 Å². The zero-order valence-electron chi connectivity index (χ0n) is 8.76. The third kappa shape index (κ3) is 1.81. The highest BCUT2D eigenvalue weighted by atomic mass is 15.3. The van der Waals surface area contributed by atoms with Crippen molar-refractivity contribution in [2.24, 2.45) is 0 Å². The molecule has 0 saturated carbocycles. The van der Waals surface area contributed by atoms with Crippen molar-refractivity contribution in [3.63, 3.8) is 0 Å². The van der Waals surface area contributed by atoms with E-state index in [2.05, 4.69) is 20.2 Å². The molecule has 3 rings (SSSR count). The highest BCUT2D eigenvalue weighted by Crippen LogP contribution is 2.22. The minimum atomic E-state index is 0.640. The summed E-state index contributed by atoms with van der Waals surface area (Å²) in [5.74, 6) is 0.881. The predicted molar refractivity (Wildman–Crippen MR) is 58.8 cm³/mol. The maximum absolute atomic E-state index is 4.31. The Labute approximate surface area is 89.7 Å². The summed E-state index contributed by atoms with van der Waals surface area (Å²) in [5, 5.41) is 3.66. The lowest BCUT2D eigenvalue weighted by molar-refractivity contribution is 0.563. The van der Waals surface area contributed by atoms with Crippen LogP contribution in [-0.4, -0.2) is 35.1 Å². The molecule has 3 heterocycles. The fourth-order valence-corrected chi connectivity index (χ4v) is 2.58. The van der Waals surface area contributed by atoms with Gasteiger partial charge in [0.05, 0.1) is 0 Å². The molecule has 2 aliphatic heterocycles. The Balaban J connectivity index is 1.77. The lowest BCUT2D eigenvalue weighted by Gasteiger charge is -2.23. The van der Waals surface area contributed by atoms with Gasteiger partial charge in [-0.3, -0.25) is 0 Å². The van der Waals surface area contributed by atoms with Crippen LogP contribution >= 0.6 is 0 Å². The van der Waals surface area contributed by atoms with Gasteiger partial charge in [0.1, 0.15) is 0 Å². The summed E-state index contributed by atoms with van der Waals surface area (Å²) in [6.45, 7) is 2.14. The van der Waals surface area contributed by atoms with Crippen LogP contribution in [0, 0.1) is 0 Å². The van der Waals surface area contributed by atoms with Gasteiger partial charge in [-0.1, -0.05) is 0 Å². The minimum Gasteiger partial charge on any atom is -0.339 e. The smallest absolute Gasteiger partial charge is 0.225 e. The Morgan fingerprint density at radius 2 is 1.93 bits per heavy atom. The second-order valence-electron chi connectivity index (χ2n) is 4.42. The summed E-state index contributed by atoms with van der Waals surface area (Å²) in [5.41, 5.74) is 0. The molecular formula is C11H16N4. The maximum Gasteiger partial charge on any atom is 0.225 e. The molecule has 2 fully saturated rings. The van der Waals surface area contributed by atoms with E-state index in [0.29, 0.717) is 6.04 Å². The van der Waals surface area contributed by atoms with Crippen molar-refractivity contribution in [3.05, 3.63) is 18.5 Å². The van der Waals surface area contributed by atoms with E-state index in [1.54, 1.807) is 0 Å². The Hall–Kier alpha value is -1.16. The molecular weight excluding hydrogens is 188 g/mol. The zero-order chi connectivity index (χ0) is 10.1. The van der Waals surface area contributed by atoms with Gasteiger partial charge in [0, 0.05) is 37.6 Å². The number of aromatic nitrogens is 2. The average Bonchev–Trinajstić information content (AvgIpc) is 2.60. The van der Waals surface area contributed by atoms with Gasteiger partial charge in [-0.15, -0.1) is 0 Å². The molecule has 15 heavy (non-hydrogen) atoms. The molecule has 1 N–H and O–H groups in total. The van der Waals surface area contributed by atoms with Crippen LogP contribution in [0.5, 0.6) is 0 Å². The first-order chi connectivity index (χ1) is 7.42. The number of hydrogen-bond acceptors (Lipinski definition) is 4. The third-order valence-electron chi connectivity index (χ3n) is 3.36. The number of anilines is 1. The number of fused-ring (bicyclic) bond motifs is 2. The van der Waals surface area contributed by atoms with Gasteiger partial charge in [0.15, 0.2) is 0 Å². The summed E-state index contributed by atoms with van der Waals surface area (Å²) >= 11 is 0.